The van der Waals surface area contributed by atoms with Gasteiger partial charge in [0.25, 0.3) is 5.69 Å². The third-order valence-electron chi connectivity index (χ3n) is 5.67. The zero-order valence-corrected chi connectivity index (χ0v) is 19.9. The number of carbonyl (C=O) groups is 1. The summed E-state index contributed by atoms with van der Waals surface area (Å²) in [6, 6.07) is 13.3. The summed E-state index contributed by atoms with van der Waals surface area (Å²) in [6.45, 7) is 2.78. The Hall–Kier alpha value is -3.57. The minimum atomic E-state index is -4.19. The van der Waals surface area contributed by atoms with Crippen LogP contribution >= 0.6 is 0 Å². The first kappa shape index (κ1) is 23.6. The predicted molar refractivity (Wildman–Crippen MR) is 127 cm³/mol. The van der Waals surface area contributed by atoms with Gasteiger partial charge in [-0.15, -0.1) is 0 Å². The molecule has 4 rings (SSSR count). The molecule has 0 fully saturated rings. The number of hydrogen-bond donors (Lipinski definition) is 0. The van der Waals surface area contributed by atoms with Crippen molar-refractivity contribution in [2.75, 3.05) is 11.5 Å². The Labute approximate surface area is 195 Å². The summed E-state index contributed by atoms with van der Waals surface area (Å²) < 4.78 is 54.4. The number of pyridine rings is 1. The number of fused-ring (bicyclic) bond motifs is 3. The molecule has 2 aromatic heterocycles. The molecule has 0 aliphatic heterocycles. The molecule has 2 heterocycles. The first-order valence-corrected chi connectivity index (χ1v) is 13.6. The summed E-state index contributed by atoms with van der Waals surface area (Å²) in [7, 11) is -8.28. The number of benzene rings is 2. The number of non-ortho nitro benzene ring substituents is 1. The lowest BCUT2D eigenvalue weighted by Gasteiger charge is -2.08. The van der Waals surface area contributed by atoms with Gasteiger partial charge in [0, 0.05) is 29.3 Å². The fourth-order valence-electron chi connectivity index (χ4n) is 3.91. The van der Waals surface area contributed by atoms with Gasteiger partial charge in [-0.05, 0) is 23.6 Å². The van der Waals surface area contributed by atoms with Crippen LogP contribution in [0.3, 0.4) is 0 Å². The molecule has 9 nitrogen and oxygen atoms in total. The van der Waals surface area contributed by atoms with Crippen molar-refractivity contribution in [3.05, 3.63) is 82.2 Å². The highest BCUT2D eigenvalue weighted by Gasteiger charge is 2.37. The van der Waals surface area contributed by atoms with Crippen LogP contribution in [0.2, 0.25) is 0 Å². The Morgan fingerprint density at radius 3 is 2.06 bits per heavy atom. The van der Waals surface area contributed by atoms with Gasteiger partial charge in [0.15, 0.2) is 19.7 Å². The SMILES string of the molecule is CCS(=O)(=O)c1c(S(=O)(=O)CC)c2c3ccccc3ccn2c1C(=O)c1ccc([N+](=O)[O-])cc1. The number of hydrogen-bond acceptors (Lipinski definition) is 7. The Morgan fingerprint density at radius 1 is 0.882 bits per heavy atom. The Balaban J connectivity index is 2.21. The van der Waals surface area contributed by atoms with Crippen molar-refractivity contribution in [3.8, 4) is 0 Å². The van der Waals surface area contributed by atoms with Crippen molar-refractivity contribution in [2.24, 2.45) is 0 Å². The standard InChI is InChI=1S/C23H20N2O7S2/c1-3-33(29,30)22-19-18-8-6-5-7-15(18)13-14-24(19)20(23(22)34(31,32)4-2)21(26)16-9-11-17(12-10-16)25(27)28/h5-14H,3-4H2,1-2H3. The van der Waals surface area contributed by atoms with E-state index < -0.39 is 45.9 Å². The molecule has 11 heteroatoms. The number of nitrogens with zero attached hydrogens (tertiary/aromatic N) is 2. The molecule has 0 bridgehead atoms. The molecule has 176 valence electrons. The Morgan fingerprint density at radius 2 is 1.47 bits per heavy atom. The molecule has 0 saturated carbocycles. The average Bonchev–Trinajstić information content (AvgIpc) is 3.21. The first-order chi connectivity index (χ1) is 16.0. The quantitative estimate of drug-likeness (QED) is 0.214. The average molecular weight is 501 g/mol. The number of ketones is 1. The minimum absolute atomic E-state index is 0.00819. The van der Waals surface area contributed by atoms with Crippen LogP contribution in [0.1, 0.15) is 29.9 Å². The number of sulfone groups is 2. The fraction of sp³-hybridized carbons (Fsp3) is 0.174. The highest BCUT2D eigenvalue weighted by atomic mass is 32.2. The number of nitro benzene ring substituents is 1. The van der Waals surface area contributed by atoms with Crippen molar-refractivity contribution in [2.45, 2.75) is 23.6 Å². The number of nitro groups is 1. The van der Waals surface area contributed by atoms with E-state index in [0.29, 0.717) is 10.8 Å². The van der Waals surface area contributed by atoms with Crippen LogP contribution < -0.4 is 0 Å². The normalized spacial score (nSPS) is 12.3. The molecular weight excluding hydrogens is 480 g/mol. The van der Waals surface area contributed by atoms with Crippen LogP contribution in [0.5, 0.6) is 0 Å². The molecule has 0 aliphatic carbocycles. The topological polar surface area (TPSA) is 133 Å². The van der Waals surface area contributed by atoms with Crippen LogP contribution in [-0.2, 0) is 19.7 Å². The zero-order valence-electron chi connectivity index (χ0n) is 18.3. The smallest absolute Gasteiger partial charge is 0.269 e. The second-order valence-electron chi connectivity index (χ2n) is 7.57. The molecule has 4 aromatic rings. The first-order valence-electron chi connectivity index (χ1n) is 10.3. The van der Waals surface area contributed by atoms with E-state index >= 15 is 0 Å². The molecule has 0 saturated heterocycles. The molecule has 2 aromatic carbocycles. The molecule has 34 heavy (non-hydrogen) atoms. The van der Waals surface area contributed by atoms with Crippen LogP contribution in [0, 0.1) is 10.1 Å². The summed E-state index contributed by atoms with van der Waals surface area (Å²) >= 11 is 0. The molecule has 0 aliphatic rings. The van der Waals surface area contributed by atoms with E-state index in [1.807, 2.05) is 0 Å². The van der Waals surface area contributed by atoms with Crippen LogP contribution in [0.4, 0.5) is 5.69 Å². The van der Waals surface area contributed by atoms with E-state index in [0.717, 1.165) is 12.1 Å². The lowest BCUT2D eigenvalue weighted by atomic mass is 10.1. The van der Waals surface area contributed by atoms with Gasteiger partial charge in [-0.3, -0.25) is 14.9 Å². The number of carbonyl (C=O) groups excluding carboxylic acids is 1. The summed E-state index contributed by atoms with van der Waals surface area (Å²) in [5, 5.41) is 12.1. The van der Waals surface area contributed by atoms with Gasteiger partial charge in [-0.25, -0.2) is 16.8 Å². The lowest BCUT2D eigenvalue weighted by Crippen LogP contribution is -2.16. The maximum atomic E-state index is 13.6. The highest BCUT2D eigenvalue weighted by molar-refractivity contribution is 7.94. The Kier molecular flexibility index (Phi) is 5.78. The molecule has 0 amide bonds. The van der Waals surface area contributed by atoms with Crippen molar-refractivity contribution >= 4 is 47.4 Å². The van der Waals surface area contributed by atoms with E-state index in [2.05, 4.69) is 0 Å². The van der Waals surface area contributed by atoms with E-state index in [-0.39, 0.29) is 28.2 Å². The van der Waals surface area contributed by atoms with Crippen LogP contribution in [0.25, 0.3) is 16.3 Å². The molecule has 0 spiro atoms. The fourth-order valence-corrected chi connectivity index (χ4v) is 7.00. The highest BCUT2D eigenvalue weighted by Crippen LogP contribution is 2.38. The molecule has 0 N–H and O–H groups in total. The van der Waals surface area contributed by atoms with Crippen molar-refractivity contribution in [3.63, 3.8) is 0 Å². The van der Waals surface area contributed by atoms with Crippen LogP contribution in [0.15, 0.2) is 70.6 Å². The summed E-state index contributed by atoms with van der Waals surface area (Å²) in [5.41, 5.74) is -0.454. The summed E-state index contributed by atoms with van der Waals surface area (Å²) in [5.74, 6) is -1.55. The van der Waals surface area contributed by atoms with Gasteiger partial charge < -0.3 is 4.40 Å². The van der Waals surface area contributed by atoms with Gasteiger partial charge in [-0.1, -0.05) is 38.1 Å². The van der Waals surface area contributed by atoms with Gasteiger partial charge in [-0.2, -0.15) is 0 Å². The van der Waals surface area contributed by atoms with Crippen LogP contribution in [-0.4, -0.2) is 43.4 Å². The molecule has 0 atom stereocenters. The second-order valence-corrected chi connectivity index (χ2v) is 12.0. The molecular formula is C23H20N2O7S2. The van der Waals surface area contributed by atoms with E-state index in [1.54, 1.807) is 30.3 Å². The lowest BCUT2D eigenvalue weighted by molar-refractivity contribution is -0.384. The van der Waals surface area contributed by atoms with E-state index in [1.165, 1.54) is 36.6 Å². The van der Waals surface area contributed by atoms with Crippen molar-refractivity contribution < 1.29 is 26.6 Å². The maximum Gasteiger partial charge on any atom is 0.269 e. The Bertz CT molecular complexity index is 1680. The summed E-state index contributed by atoms with van der Waals surface area (Å²) in [4.78, 5) is 23.1. The number of rotatable bonds is 7. The molecule has 0 radical (unpaired) electrons. The zero-order chi connectivity index (χ0) is 24.8. The van der Waals surface area contributed by atoms with E-state index in [9.17, 15) is 31.7 Å². The van der Waals surface area contributed by atoms with Gasteiger partial charge in [0.05, 0.1) is 21.9 Å². The third kappa shape index (κ3) is 3.66. The van der Waals surface area contributed by atoms with E-state index in [4.69, 9.17) is 0 Å². The number of aromatic nitrogens is 1. The van der Waals surface area contributed by atoms with Gasteiger partial charge in [0.1, 0.15) is 15.5 Å². The largest absolute Gasteiger partial charge is 0.311 e. The van der Waals surface area contributed by atoms with Gasteiger partial charge >= 0.3 is 0 Å². The monoisotopic (exact) mass is 500 g/mol. The van der Waals surface area contributed by atoms with Gasteiger partial charge in [0.2, 0.25) is 5.78 Å². The molecule has 0 unspecified atom stereocenters. The summed E-state index contributed by atoms with van der Waals surface area (Å²) in [6.07, 6.45) is 1.47. The maximum absolute atomic E-state index is 13.6. The minimum Gasteiger partial charge on any atom is -0.311 e. The predicted octanol–water partition coefficient (Wildman–Crippen LogP) is 3.82. The third-order valence-corrected chi connectivity index (χ3v) is 9.36. The van der Waals surface area contributed by atoms with Crippen molar-refractivity contribution in [1.82, 2.24) is 4.40 Å². The second kappa shape index (κ2) is 8.33. The van der Waals surface area contributed by atoms with Crippen molar-refractivity contribution in [1.29, 1.82) is 0 Å².